The zero-order valence-electron chi connectivity index (χ0n) is 9.40. The Balaban J connectivity index is 2.09. The van der Waals surface area contributed by atoms with Crippen molar-refractivity contribution >= 4 is 27.5 Å². The third kappa shape index (κ3) is 1.95. The zero-order valence-corrected chi connectivity index (χ0v) is 11.0. The molecule has 3 rings (SSSR count). The second-order valence-electron chi connectivity index (χ2n) is 4.37. The summed E-state index contributed by atoms with van der Waals surface area (Å²) >= 11 is 3.41. The van der Waals surface area contributed by atoms with Gasteiger partial charge in [-0.15, -0.1) is 0 Å². The van der Waals surface area contributed by atoms with Gasteiger partial charge < -0.3 is 5.32 Å². The van der Waals surface area contributed by atoms with Crippen LogP contribution < -0.4 is 5.32 Å². The van der Waals surface area contributed by atoms with Gasteiger partial charge in [-0.3, -0.25) is 9.20 Å². The molecule has 0 aliphatic heterocycles. The highest BCUT2D eigenvalue weighted by molar-refractivity contribution is 9.10. The lowest BCUT2D eigenvalue weighted by atomic mass is 10.3. The molecule has 2 aromatic rings. The van der Waals surface area contributed by atoms with E-state index in [2.05, 4.69) is 26.2 Å². The highest BCUT2D eigenvalue weighted by atomic mass is 79.9. The number of amides is 1. The normalized spacial score (nSPS) is 15.2. The van der Waals surface area contributed by atoms with E-state index in [4.69, 9.17) is 0 Å². The van der Waals surface area contributed by atoms with Gasteiger partial charge in [0.2, 0.25) is 0 Å². The van der Waals surface area contributed by atoms with Crippen LogP contribution in [0.15, 0.2) is 22.8 Å². The Hall–Kier alpha value is -1.36. The van der Waals surface area contributed by atoms with Crippen LogP contribution in [0.25, 0.3) is 5.65 Å². The number of hydrogen-bond donors (Lipinski definition) is 1. The second-order valence-corrected chi connectivity index (χ2v) is 5.28. The highest BCUT2D eigenvalue weighted by Crippen LogP contribution is 2.21. The van der Waals surface area contributed by atoms with Gasteiger partial charge >= 0.3 is 0 Å². The summed E-state index contributed by atoms with van der Waals surface area (Å²) in [5.41, 5.74) is 2.20. The third-order valence-electron chi connectivity index (χ3n) is 2.88. The Labute approximate surface area is 107 Å². The number of aromatic nitrogens is 2. The van der Waals surface area contributed by atoms with E-state index in [0.29, 0.717) is 11.7 Å². The topological polar surface area (TPSA) is 46.4 Å². The van der Waals surface area contributed by atoms with Crippen LogP contribution in [0.5, 0.6) is 0 Å². The number of imidazole rings is 1. The first kappa shape index (κ1) is 10.8. The van der Waals surface area contributed by atoms with Crippen LogP contribution in [0.2, 0.25) is 0 Å². The van der Waals surface area contributed by atoms with Crippen LogP contribution >= 0.6 is 15.9 Å². The zero-order chi connectivity index (χ0) is 12.0. The maximum Gasteiger partial charge on any atom is 0.270 e. The molecule has 0 bridgehead atoms. The molecule has 0 radical (unpaired) electrons. The minimum absolute atomic E-state index is 0.0319. The smallest absolute Gasteiger partial charge is 0.270 e. The van der Waals surface area contributed by atoms with Gasteiger partial charge in [-0.2, -0.15) is 0 Å². The summed E-state index contributed by atoms with van der Waals surface area (Å²) < 4.78 is 2.76. The molecule has 2 aromatic heterocycles. The van der Waals surface area contributed by atoms with Gasteiger partial charge in [0, 0.05) is 16.7 Å². The summed E-state index contributed by atoms with van der Waals surface area (Å²) in [6.45, 7) is 1.86. The first-order chi connectivity index (χ1) is 8.15. The van der Waals surface area contributed by atoms with Crippen molar-refractivity contribution in [2.75, 3.05) is 0 Å². The molecule has 1 N–H and O–H groups in total. The molecule has 0 spiro atoms. The lowest BCUT2D eigenvalue weighted by Crippen LogP contribution is -2.27. The number of carbonyl (C=O) groups excluding carboxylic acids is 1. The fourth-order valence-electron chi connectivity index (χ4n) is 1.89. The summed E-state index contributed by atoms with van der Waals surface area (Å²) in [5.74, 6) is -0.0319. The average molecular weight is 294 g/mol. The van der Waals surface area contributed by atoms with E-state index in [9.17, 15) is 4.79 Å². The molecule has 0 unspecified atom stereocenters. The van der Waals surface area contributed by atoms with E-state index in [-0.39, 0.29) is 5.91 Å². The molecule has 1 aliphatic carbocycles. The number of nitrogens with one attached hydrogen (secondary N) is 1. The standard InChI is InChI=1S/C12H12BrN3O/c1-7-11(12(17)15-9-3-4-9)16-6-8(13)2-5-10(16)14-7/h2,5-6,9H,3-4H2,1H3,(H,15,17). The molecule has 17 heavy (non-hydrogen) atoms. The van der Waals surface area contributed by atoms with Gasteiger partial charge in [0.1, 0.15) is 11.3 Å². The molecule has 2 heterocycles. The van der Waals surface area contributed by atoms with Crippen molar-refractivity contribution in [1.82, 2.24) is 14.7 Å². The number of fused-ring (bicyclic) bond motifs is 1. The molecule has 5 heteroatoms. The molecule has 1 amide bonds. The quantitative estimate of drug-likeness (QED) is 0.923. The minimum atomic E-state index is -0.0319. The molecule has 0 atom stereocenters. The first-order valence-electron chi connectivity index (χ1n) is 5.60. The van der Waals surface area contributed by atoms with Gasteiger partial charge in [-0.05, 0) is 47.8 Å². The monoisotopic (exact) mass is 293 g/mol. The van der Waals surface area contributed by atoms with Crippen molar-refractivity contribution < 1.29 is 4.79 Å². The summed E-state index contributed by atoms with van der Waals surface area (Å²) in [4.78, 5) is 16.5. The van der Waals surface area contributed by atoms with Gasteiger partial charge in [0.05, 0.1) is 5.69 Å². The number of pyridine rings is 1. The van der Waals surface area contributed by atoms with Crippen LogP contribution in [0.4, 0.5) is 0 Å². The Bertz CT molecular complexity index is 601. The lowest BCUT2D eigenvalue weighted by molar-refractivity contribution is 0.0944. The Morgan fingerprint density at radius 1 is 1.53 bits per heavy atom. The van der Waals surface area contributed by atoms with Crippen molar-refractivity contribution in [3.8, 4) is 0 Å². The van der Waals surface area contributed by atoms with E-state index in [1.165, 1.54) is 0 Å². The van der Waals surface area contributed by atoms with Crippen LogP contribution in [0.3, 0.4) is 0 Å². The largest absolute Gasteiger partial charge is 0.348 e. The van der Waals surface area contributed by atoms with E-state index < -0.39 is 0 Å². The molecule has 0 aromatic carbocycles. The second kappa shape index (κ2) is 3.84. The molecule has 1 aliphatic rings. The minimum Gasteiger partial charge on any atom is -0.348 e. The predicted octanol–water partition coefficient (Wildman–Crippen LogP) is 2.30. The van der Waals surface area contributed by atoms with Gasteiger partial charge in [-0.25, -0.2) is 4.98 Å². The predicted molar refractivity (Wildman–Crippen MR) is 68.1 cm³/mol. The van der Waals surface area contributed by atoms with Crippen molar-refractivity contribution in [3.05, 3.63) is 34.2 Å². The van der Waals surface area contributed by atoms with Crippen LogP contribution in [0.1, 0.15) is 29.0 Å². The van der Waals surface area contributed by atoms with Crippen molar-refractivity contribution in [3.63, 3.8) is 0 Å². The van der Waals surface area contributed by atoms with Gasteiger partial charge in [-0.1, -0.05) is 0 Å². The summed E-state index contributed by atoms with van der Waals surface area (Å²) in [7, 11) is 0. The molecular formula is C12H12BrN3O. The summed E-state index contributed by atoms with van der Waals surface area (Å²) in [6.07, 6.45) is 4.05. The number of aryl methyl sites for hydroxylation is 1. The van der Waals surface area contributed by atoms with E-state index in [1.807, 2.05) is 29.7 Å². The number of hydrogen-bond acceptors (Lipinski definition) is 2. The molecule has 1 fully saturated rings. The van der Waals surface area contributed by atoms with Crippen molar-refractivity contribution in [2.24, 2.45) is 0 Å². The Morgan fingerprint density at radius 2 is 2.29 bits per heavy atom. The number of carbonyl (C=O) groups is 1. The molecular weight excluding hydrogens is 282 g/mol. The SMILES string of the molecule is Cc1nc2ccc(Br)cn2c1C(=O)NC1CC1. The highest BCUT2D eigenvalue weighted by Gasteiger charge is 2.26. The number of halogens is 1. The average Bonchev–Trinajstić information content (AvgIpc) is 3.00. The van der Waals surface area contributed by atoms with Crippen LogP contribution in [-0.4, -0.2) is 21.3 Å². The van der Waals surface area contributed by atoms with Crippen LogP contribution in [-0.2, 0) is 0 Å². The molecule has 88 valence electrons. The third-order valence-corrected chi connectivity index (χ3v) is 3.35. The molecule has 1 saturated carbocycles. The van der Waals surface area contributed by atoms with E-state index >= 15 is 0 Å². The summed E-state index contributed by atoms with van der Waals surface area (Å²) in [6, 6.07) is 4.18. The van der Waals surface area contributed by atoms with Gasteiger partial charge in [0.15, 0.2) is 0 Å². The van der Waals surface area contributed by atoms with Crippen LogP contribution in [0, 0.1) is 6.92 Å². The van der Waals surface area contributed by atoms with E-state index in [0.717, 1.165) is 28.7 Å². The Morgan fingerprint density at radius 3 is 3.00 bits per heavy atom. The Kier molecular flexibility index (Phi) is 2.43. The fraction of sp³-hybridized carbons (Fsp3) is 0.333. The molecule has 4 nitrogen and oxygen atoms in total. The summed E-state index contributed by atoms with van der Waals surface area (Å²) in [5, 5.41) is 2.99. The maximum atomic E-state index is 12.1. The lowest BCUT2D eigenvalue weighted by Gasteiger charge is -2.04. The fourth-order valence-corrected chi connectivity index (χ4v) is 2.23. The maximum absolute atomic E-state index is 12.1. The van der Waals surface area contributed by atoms with E-state index in [1.54, 1.807) is 0 Å². The first-order valence-corrected chi connectivity index (χ1v) is 6.39. The number of nitrogens with zero attached hydrogens (tertiary/aromatic N) is 2. The van der Waals surface area contributed by atoms with Crippen molar-refractivity contribution in [2.45, 2.75) is 25.8 Å². The van der Waals surface area contributed by atoms with Gasteiger partial charge in [0.25, 0.3) is 5.91 Å². The van der Waals surface area contributed by atoms with Crippen molar-refractivity contribution in [1.29, 1.82) is 0 Å². The molecule has 0 saturated heterocycles. The number of rotatable bonds is 2.